The lowest BCUT2D eigenvalue weighted by molar-refractivity contribution is -0.139. The van der Waals surface area contributed by atoms with Crippen molar-refractivity contribution in [2.75, 3.05) is 7.11 Å². The van der Waals surface area contributed by atoms with Crippen LogP contribution in [-0.2, 0) is 17.8 Å². The van der Waals surface area contributed by atoms with Crippen LogP contribution in [-0.4, -0.2) is 30.3 Å². The van der Waals surface area contributed by atoms with Crippen molar-refractivity contribution >= 4 is 12.0 Å². The Morgan fingerprint density at radius 3 is 2.46 bits per heavy atom. The van der Waals surface area contributed by atoms with Crippen LogP contribution in [0.3, 0.4) is 0 Å². The molecule has 0 aliphatic carbocycles. The van der Waals surface area contributed by atoms with Crippen LogP contribution in [0.15, 0.2) is 54.6 Å². The Balaban J connectivity index is 1.89. The lowest BCUT2D eigenvalue weighted by atomic mass is 10.1. The Kier molecular flexibility index (Phi) is 6.19. The van der Waals surface area contributed by atoms with Gasteiger partial charge in [0.05, 0.1) is 7.11 Å². The minimum Gasteiger partial charge on any atom is -0.497 e. The van der Waals surface area contributed by atoms with Gasteiger partial charge in [-0.1, -0.05) is 42.5 Å². The zero-order valence-corrected chi connectivity index (χ0v) is 13.4. The summed E-state index contributed by atoms with van der Waals surface area (Å²) in [6.07, 6.45) is 0.225. The average molecular weight is 328 g/mol. The molecule has 126 valence electrons. The minimum atomic E-state index is -1.07. The summed E-state index contributed by atoms with van der Waals surface area (Å²) in [6.45, 7) is 0.278. The number of nitrogens with one attached hydrogen (secondary N) is 2. The summed E-state index contributed by atoms with van der Waals surface area (Å²) >= 11 is 0. The van der Waals surface area contributed by atoms with E-state index in [0.29, 0.717) is 5.75 Å². The van der Waals surface area contributed by atoms with E-state index >= 15 is 0 Å². The summed E-state index contributed by atoms with van der Waals surface area (Å²) < 4.78 is 5.12. The maximum Gasteiger partial charge on any atom is 0.326 e. The van der Waals surface area contributed by atoms with Gasteiger partial charge >= 0.3 is 12.0 Å². The second-order valence-electron chi connectivity index (χ2n) is 5.26. The number of carboxylic acid groups (broad SMARTS) is 1. The summed E-state index contributed by atoms with van der Waals surface area (Å²) in [4.78, 5) is 23.3. The summed E-state index contributed by atoms with van der Waals surface area (Å²) in [7, 11) is 1.57. The van der Waals surface area contributed by atoms with Crippen LogP contribution < -0.4 is 15.4 Å². The van der Waals surface area contributed by atoms with Gasteiger partial charge in [-0.05, 0) is 23.3 Å². The number of carboxylic acids is 1. The van der Waals surface area contributed by atoms with Crippen molar-refractivity contribution in [1.82, 2.24) is 10.6 Å². The zero-order chi connectivity index (χ0) is 17.4. The van der Waals surface area contributed by atoms with Gasteiger partial charge in [0.1, 0.15) is 11.8 Å². The first-order valence-corrected chi connectivity index (χ1v) is 7.52. The molecule has 0 saturated carbocycles. The topological polar surface area (TPSA) is 87.7 Å². The molecule has 0 aliphatic rings. The molecule has 0 radical (unpaired) electrons. The molecule has 6 heteroatoms. The first-order chi connectivity index (χ1) is 11.6. The SMILES string of the molecule is COc1cccc(CNC(=O)NC(Cc2ccccc2)C(=O)O)c1. The van der Waals surface area contributed by atoms with Gasteiger partial charge in [0.25, 0.3) is 0 Å². The number of hydrogen-bond acceptors (Lipinski definition) is 3. The van der Waals surface area contributed by atoms with Crippen molar-refractivity contribution in [2.24, 2.45) is 0 Å². The lowest BCUT2D eigenvalue weighted by Gasteiger charge is -2.15. The molecule has 1 atom stereocenters. The zero-order valence-electron chi connectivity index (χ0n) is 13.4. The van der Waals surface area contributed by atoms with Crippen LogP contribution in [0.2, 0.25) is 0 Å². The first-order valence-electron chi connectivity index (χ1n) is 7.52. The van der Waals surface area contributed by atoms with Crippen LogP contribution in [0.1, 0.15) is 11.1 Å². The number of aliphatic carboxylic acids is 1. The molecule has 6 nitrogen and oxygen atoms in total. The van der Waals surface area contributed by atoms with Crippen LogP contribution in [0.5, 0.6) is 5.75 Å². The molecule has 2 aromatic carbocycles. The highest BCUT2D eigenvalue weighted by Crippen LogP contribution is 2.12. The Morgan fingerprint density at radius 2 is 1.79 bits per heavy atom. The summed E-state index contributed by atoms with van der Waals surface area (Å²) in [5.74, 6) is -0.377. The third kappa shape index (κ3) is 5.31. The predicted octanol–water partition coefficient (Wildman–Crippen LogP) is 2.19. The summed E-state index contributed by atoms with van der Waals surface area (Å²) in [5.41, 5.74) is 1.71. The Hall–Kier alpha value is -3.02. The highest BCUT2D eigenvalue weighted by molar-refractivity contribution is 5.82. The van der Waals surface area contributed by atoms with E-state index in [-0.39, 0.29) is 13.0 Å². The molecule has 0 heterocycles. The van der Waals surface area contributed by atoms with E-state index in [1.165, 1.54) is 0 Å². The van der Waals surface area contributed by atoms with Gasteiger partial charge in [0.2, 0.25) is 0 Å². The van der Waals surface area contributed by atoms with Crippen LogP contribution in [0.4, 0.5) is 4.79 Å². The fraction of sp³-hybridized carbons (Fsp3) is 0.222. The number of carbonyl (C=O) groups excluding carboxylic acids is 1. The van der Waals surface area contributed by atoms with E-state index in [1.807, 2.05) is 48.5 Å². The molecule has 1 unspecified atom stereocenters. The average Bonchev–Trinajstić information content (AvgIpc) is 2.60. The van der Waals surface area contributed by atoms with Gasteiger partial charge in [-0.25, -0.2) is 9.59 Å². The number of methoxy groups -OCH3 is 1. The number of rotatable bonds is 7. The second-order valence-corrected chi connectivity index (χ2v) is 5.26. The molecule has 0 spiro atoms. The van der Waals surface area contributed by atoms with E-state index in [0.717, 1.165) is 11.1 Å². The van der Waals surface area contributed by atoms with Gasteiger partial charge in [0, 0.05) is 13.0 Å². The molecule has 0 aromatic heterocycles. The molecule has 0 saturated heterocycles. The molecular formula is C18H20N2O4. The van der Waals surface area contributed by atoms with Crippen molar-refractivity contribution in [1.29, 1.82) is 0 Å². The van der Waals surface area contributed by atoms with E-state index in [1.54, 1.807) is 13.2 Å². The van der Waals surface area contributed by atoms with Crippen molar-refractivity contribution in [3.05, 3.63) is 65.7 Å². The number of ether oxygens (including phenoxy) is 1. The van der Waals surface area contributed by atoms with Crippen LogP contribution >= 0.6 is 0 Å². The third-order valence-corrected chi connectivity index (χ3v) is 3.47. The number of hydrogen-bond donors (Lipinski definition) is 3. The number of carbonyl (C=O) groups is 2. The maximum atomic E-state index is 12.0. The Labute approximate surface area is 140 Å². The van der Waals surface area contributed by atoms with E-state index in [9.17, 15) is 14.7 Å². The van der Waals surface area contributed by atoms with Gasteiger partial charge < -0.3 is 20.5 Å². The minimum absolute atomic E-state index is 0.225. The van der Waals surface area contributed by atoms with Crippen LogP contribution in [0.25, 0.3) is 0 Å². The van der Waals surface area contributed by atoms with Gasteiger partial charge in [0.15, 0.2) is 0 Å². The molecule has 0 bridgehead atoms. The quantitative estimate of drug-likeness (QED) is 0.727. The molecule has 2 aromatic rings. The van der Waals surface area contributed by atoms with Crippen molar-refractivity contribution < 1.29 is 19.4 Å². The summed E-state index contributed by atoms with van der Waals surface area (Å²) in [6, 6.07) is 14.9. The fourth-order valence-corrected chi connectivity index (χ4v) is 2.22. The van der Waals surface area contributed by atoms with Gasteiger partial charge in [-0.2, -0.15) is 0 Å². The molecule has 3 N–H and O–H groups in total. The van der Waals surface area contributed by atoms with E-state index < -0.39 is 18.0 Å². The molecule has 0 aliphatic heterocycles. The Morgan fingerprint density at radius 1 is 1.08 bits per heavy atom. The largest absolute Gasteiger partial charge is 0.497 e. The fourth-order valence-electron chi connectivity index (χ4n) is 2.22. The number of urea groups is 1. The molecule has 24 heavy (non-hydrogen) atoms. The lowest BCUT2D eigenvalue weighted by Crippen LogP contribution is -2.46. The third-order valence-electron chi connectivity index (χ3n) is 3.47. The van der Waals surface area contributed by atoms with E-state index in [2.05, 4.69) is 10.6 Å². The smallest absolute Gasteiger partial charge is 0.326 e. The summed E-state index contributed by atoms with van der Waals surface area (Å²) in [5, 5.41) is 14.4. The van der Waals surface area contributed by atoms with Gasteiger partial charge in [-0.3, -0.25) is 0 Å². The van der Waals surface area contributed by atoms with Crippen molar-refractivity contribution in [2.45, 2.75) is 19.0 Å². The Bertz CT molecular complexity index is 688. The number of amides is 2. The highest BCUT2D eigenvalue weighted by atomic mass is 16.5. The van der Waals surface area contributed by atoms with Gasteiger partial charge in [-0.15, -0.1) is 0 Å². The standard InChI is InChI=1S/C18H20N2O4/c1-24-15-9-5-8-14(10-15)12-19-18(23)20-16(17(21)22)11-13-6-3-2-4-7-13/h2-10,16H,11-12H2,1H3,(H,21,22)(H2,19,20,23). The maximum absolute atomic E-state index is 12.0. The predicted molar refractivity (Wildman–Crippen MR) is 89.9 cm³/mol. The number of benzene rings is 2. The monoisotopic (exact) mass is 328 g/mol. The van der Waals surface area contributed by atoms with E-state index in [4.69, 9.17) is 4.74 Å². The normalized spacial score (nSPS) is 11.4. The molecule has 0 fully saturated rings. The van der Waals surface area contributed by atoms with Crippen molar-refractivity contribution in [3.8, 4) is 5.75 Å². The molecule has 2 rings (SSSR count). The molecular weight excluding hydrogens is 308 g/mol. The second kappa shape index (κ2) is 8.57. The first kappa shape index (κ1) is 17.3. The van der Waals surface area contributed by atoms with Crippen molar-refractivity contribution in [3.63, 3.8) is 0 Å². The highest BCUT2D eigenvalue weighted by Gasteiger charge is 2.20. The molecule has 2 amide bonds. The van der Waals surface area contributed by atoms with Crippen LogP contribution in [0, 0.1) is 0 Å².